The average Bonchev–Trinajstić information content (AvgIpc) is 3.24. The zero-order chi connectivity index (χ0) is 39.3. The number of hydrogen-bond donors (Lipinski definition) is 0. The van der Waals surface area contributed by atoms with E-state index >= 15 is 0 Å². The summed E-state index contributed by atoms with van der Waals surface area (Å²) in [6.45, 7) is 13.9. The van der Waals surface area contributed by atoms with Gasteiger partial charge in [0.05, 0.1) is 0 Å². The quantitative estimate of drug-likeness (QED) is 0.154. The monoisotopic (exact) mass is 739 g/mol. The average molecular weight is 740 g/mol. The second kappa shape index (κ2) is 14.5. The fourth-order valence-corrected chi connectivity index (χ4v) is 9.16. The Hall–Kier alpha value is -5.92. The van der Waals surface area contributed by atoms with E-state index < -0.39 is 0 Å². The third-order valence-electron chi connectivity index (χ3n) is 12.4. The largest absolute Gasteiger partial charge is 0.315 e. The molecule has 0 N–H and O–H groups in total. The first-order chi connectivity index (χ1) is 27.6. The van der Waals surface area contributed by atoms with Gasteiger partial charge in [0, 0.05) is 17.1 Å². The Bertz CT molecular complexity index is 2740. The normalized spacial score (nSPS) is 16.1. The van der Waals surface area contributed by atoms with Gasteiger partial charge in [-0.25, -0.2) is 0 Å². The first-order valence-electron chi connectivity index (χ1n) is 20.8. The maximum Gasteiger partial charge on any atom is 0.0458 e. The molecular formula is C56H53N. The minimum atomic E-state index is 0.0971. The highest BCUT2D eigenvalue weighted by Gasteiger charge is 2.28. The Morgan fingerprint density at radius 2 is 1.11 bits per heavy atom. The van der Waals surface area contributed by atoms with E-state index in [1.165, 1.54) is 88.4 Å². The first kappa shape index (κ1) is 36.7. The van der Waals surface area contributed by atoms with Crippen molar-refractivity contribution in [1.82, 2.24) is 0 Å². The van der Waals surface area contributed by atoms with Crippen LogP contribution in [0.3, 0.4) is 0 Å². The van der Waals surface area contributed by atoms with E-state index in [1.807, 2.05) is 0 Å². The second-order valence-electron chi connectivity index (χ2n) is 18.1. The summed E-state index contributed by atoms with van der Waals surface area (Å²) in [5, 5.41) is 7.87. The summed E-state index contributed by atoms with van der Waals surface area (Å²) in [6.07, 6.45) is 15.0. The second-order valence-corrected chi connectivity index (χ2v) is 18.1. The Morgan fingerprint density at radius 1 is 0.544 bits per heavy atom. The van der Waals surface area contributed by atoms with E-state index in [-0.39, 0.29) is 10.8 Å². The van der Waals surface area contributed by atoms with Crippen LogP contribution in [0.4, 0.5) is 5.69 Å². The van der Waals surface area contributed by atoms with Gasteiger partial charge in [-0.05, 0) is 138 Å². The molecule has 282 valence electrons. The van der Waals surface area contributed by atoms with Gasteiger partial charge in [0.2, 0.25) is 0 Å². The molecule has 0 amide bonds. The molecule has 1 heteroatoms. The number of allylic oxidation sites excluding steroid dienone is 7. The van der Waals surface area contributed by atoms with Gasteiger partial charge in [-0.15, -0.1) is 0 Å². The van der Waals surface area contributed by atoms with Crippen molar-refractivity contribution in [3.63, 3.8) is 0 Å². The van der Waals surface area contributed by atoms with Crippen molar-refractivity contribution in [1.29, 1.82) is 0 Å². The molecule has 0 fully saturated rings. The number of anilines is 1. The van der Waals surface area contributed by atoms with E-state index in [1.54, 1.807) is 0 Å². The van der Waals surface area contributed by atoms with Crippen molar-refractivity contribution in [2.24, 2.45) is 11.3 Å². The fourth-order valence-electron chi connectivity index (χ4n) is 9.16. The van der Waals surface area contributed by atoms with E-state index in [2.05, 4.69) is 216 Å². The minimum absolute atomic E-state index is 0.0971. The molecule has 0 radical (unpaired) electrons. The topological polar surface area (TPSA) is 3.24 Å². The Balaban J connectivity index is 1.29. The summed E-state index contributed by atoms with van der Waals surface area (Å²) in [7, 11) is 0. The van der Waals surface area contributed by atoms with Crippen LogP contribution in [-0.4, -0.2) is 0 Å². The Morgan fingerprint density at radius 3 is 1.63 bits per heavy atom. The van der Waals surface area contributed by atoms with Gasteiger partial charge < -0.3 is 4.90 Å². The van der Waals surface area contributed by atoms with E-state index in [0.29, 0.717) is 5.92 Å². The molecule has 7 aromatic carbocycles. The van der Waals surface area contributed by atoms with Gasteiger partial charge in [0.15, 0.2) is 0 Å². The number of rotatable bonds is 6. The molecule has 0 bridgehead atoms. The molecule has 7 aromatic rings. The molecule has 1 nitrogen and oxygen atoms in total. The third-order valence-corrected chi connectivity index (χ3v) is 12.4. The predicted molar refractivity (Wildman–Crippen MR) is 248 cm³/mol. The number of benzene rings is 7. The maximum absolute atomic E-state index is 2.52. The molecule has 0 spiro atoms. The van der Waals surface area contributed by atoms with Crippen LogP contribution in [0.1, 0.15) is 71.9 Å². The van der Waals surface area contributed by atoms with Crippen LogP contribution in [0.2, 0.25) is 0 Å². The van der Waals surface area contributed by atoms with Crippen molar-refractivity contribution in [3.05, 3.63) is 192 Å². The molecular weight excluding hydrogens is 687 g/mol. The van der Waals surface area contributed by atoms with E-state index in [9.17, 15) is 0 Å². The fraction of sp³-hybridized carbons (Fsp3) is 0.214. The molecule has 0 aromatic heterocycles. The lowest BCUT2D eigenvalue weighted by Crippen LogP contribution is -2.26. The molecule has 2 aliphatic rings. The molecule has 1 unspecified atom stereocenters. The SMILES string of the molecule is CC(C)(C)c1ccc(N(C2=CCC(C(C)(C)C)C=C2)C2=CC=C(c3c(-c4ccccc4)cc(-c4ccccc4)c4c5ccccc5c5ccccc5c34)CC2)cc1. The van der Waals surface area contributed by atoms with Gasteiger partial charge in [0.25, 0.3) is 0 Å². The lowest BCUT2D eigenvalue weighted by Gasteiger charge is -2.35. The zero-order valence-corrected chi connectivity index (χ0v) is 34.3. The van der Waals surface area contributed by atoms with Crippen molar-refractivity contribution < 1.29 is 0 Å². The summed E-state index contributed by atoms with van der Waals surface area (Å²) in [6, 6.07) is 51.9. The van der Waals surface area contributed by atoms with Crippen LogP contribution < -0.4 is 4.90 Å². The zero-order valence-electron chi connectivity index (χ0n) is 34.3. The number of hydrogen-bond acceptors (Lipinski definition) is 1. The number of nitrogens with zero attached hydrogens (tertiary/aromatic N) is 1. The summed E-state index contributed by atoms with van der Waals surface area (Å²) >= 11 is 0. The van der Waals surface area contributed by atoms with Gasteiger partial charge in [-0.1, -0.05) is 181 Å². The lowest BCUT2D eigenvalue weighted by atomic mass is 9.77. The summed E-state index contributed by atoms with van der Waals surface area (Å²) in [4.78, 5) is 2.52. The Kier molecular flexibility index (Phi) is 9.36. The molecule has 2 aliphatic carbocycles. The Labute approximate surface area is 339 Å². The molecule has 1 atom stereocenters. The third kappa shape index (κ3) is 6.84. The summed E-state index contributed by atoms with van der Waals surface area (Å²) in [5.41, 5.74) is 13.3. The van der Waals surface area contributed by atoms with Gasteiger partial charge >= 0.3 is 0 Å². The van der Waals surface area contributed by atoms with Crippen LogP contribution in [0.15, 0.2) is 181 Å². The summed E-state index contributed by atoms with van der Waals surface area (Å²) < 4.78 is 0. The van der Waals surface area contributed by atoms with Gasteiger partial charge in [0.1, 0.15) is 0 Å². The van der Waals surface area contributed by atoms with Crippen LogP contribution >= 0.6 is 0 Å². The maximum atomic E-state index is 2.52. The number of fused-ring (bicyclic) bond motifs is 6. The standard InChI is InChI=1S/C56H53N/c1-55(2,3)41-27-33-44(34-28-41)57(45-35-29-42(30-36-45)56(4,5)6)43-31-25-40(26-32-43)52-50(38-17-9-7-10-18-38)37-51(39-19-11-8-12-20-39)53-48-23-15-13-21-46(48)47-22-14-16-24-49(47)54(52)53/h7-25,27-29,31,33-37,42H,26,30,32H2,1-6H3. The molecule has 0 heterocycles. The highest BCUT2D eigenvalue weighted by atomic mass is 15.2. The highest BCUT2D eigenvalue weighted by Crippen LogP contribution is 2.49. The predicted octanol–water partition coefficient (Wildman–Crippen LogP) is 15.9. The van der Waals surface area contributed by atoms with Gasteiger partial charge in [-0.2, -0.15) is 0 Å². The van der Waals surface area contributed by atoms with Crippen molar-refractivity contribution in [3.8, 4) is 22.3 Å². The smallest absolute Gasteiger partial charge is 0.0458 e. The van der Waals surface area contributed by atoms with Crippen LogP contribution in [0.5, 0.6) is 0 Å². The van der Waals surface area contributed by atoms with Crippen LogP contribution in [-0.2, 0) is 5.41 Å². The molecule has 0 aliphatic heterocycles. The van der Waals surface area contributed by atoms with Crippen LogP contribution in [0, 0.1) is 11.3 Å². The van der Waals surface area contributed by atoms with Crippen molar-refractivity contribution >= 4 is 43.6 Å². The summed E-state index contributed by atoms with van der Waals surface area (Å²) in [5.74, 6) is 0.521. The molecule has 0 saturated heterocycles. The van der Waals surface area contributed by atoms with Crippen molar-refractivity contribution in [2.75, 3.05) is 4.90 Å². The lowest BCUT2D eigenvalue weighted by molar-refractivity contribution is 0.293. The minimum Gasteiger partial charge on any atom is -0.315 e. The van der Waals surface area contributed by atoms with Crippen molar-refractivity contribution in [2.45, 2.75) is 66.2 Å². The first-order valence-corrected chi connectivity index (χ1v) is 20.8. The molecule has 0 saturated carbocycles. The highest BCUT2D eigenvalue weighted by molar-refractivity contribution is 6.31. The van der Waals surface area contributed by atoms with E-state index in [4.69, 9.17) is 0 Å². The van der Waals surface area contributed by atoms with E-state index in [0.717, 1.165) is 19.3 Å². The molecule has 57 heavy (non-hydrogen) atoms. The molecule has 9 rings (SSSR count). The van der Waals surface area contributed by atoms with Gasteiger partial charge in [-0.3, -0.25) is 0 Å². The van der Waals surface area contributed by atoms with Crippen LogP contribution in [0.25, 0.3) is 60.1 Å².